The van der Waals surface area contributed by atoms with Gasteiger partial charge < -0.3 is 24.8 Å². The summed E-state index contributed by atoms with van der Waals surface area (Å²) in [4.78, 5) is 42.5. The Balaban J connectivity index is 1.50. The van der Waals surface area contributed by atoms with Gasteiger partial charge in [-0.2, -0.15) is 0 Å². The molecule has 1 fully saturated rings. The highest BCUT2D eigenvalue weighted by Crippen LogP contribution is 2.35. The molecule has 5 rings (SSSR count). The van der Waals surface area contributed by atoms with Crippen molar-refractivity contribution in [1.29, 1.82) is 0 Å². The maximum atomic E-state index is 13.9. The molecule has 3 aromatic carbocycles. The van der Waals surface area contributed by atoms with Crippen LogP contribution in [0, 0.1) is 0 Å². The summed E-state index contributed by atoms with van der Waals surface area (Å²) in [5.41, 5.74) is 1.30. The first kappa shape index (κ1) is 26.1. The molecule has 9 heteroatoms. The molecule has 0 bridgehead atoms. The zero-order valence-electron chi connectivity index (χ0n) is 21.7. The van der Waals surface area contributed by atoms with E-state index in [-0.39, 0.29) is 18.7 Å². The summed E-state index contributed by atoms with van der Waals surface area (Å²) in [5.74, 6) is -0.627. The van der Waals surface area contributed by atoms with Gasteiger partial charge in [0.15, 0.2) is 11.5 Å². The average Bonchev–Trinajstić information content (AvgIpc) is 3.44. The van der Waals surface area contributed by atoms with Gasteiger partial charge in [0.25, 0.3) is 0 Å². The molecule has 2 aliphatic rings. The third-order valence-electron chi connectivity index (χ3n) is 6.95. The summed E-state index contributed by atoms with van der Waals surface area (Å²) in [7, 11) is 1.52. The Hall–Kier alpha value is -4.53. The van der Waals surface area contributed by atoms with Gasteiger partial charge in [0.2, 0.25) is 12.7 Å². The van der Waals surface area contributed by atoms with Crippen LogP contribution in [0.5, 0.6) is 17.2 Å². The van der Waals surface area contributed by atoms with Crippen LogP contribution in [0.1, 0.15) is 43.7 Å². The van der Waals surface area contributed by atoms with E-state index in [0.717, 1.165) is 32.1 Å². The topological polar surface area (TPSA) is 106 Å². The largest absolute Gasteiger partial charge is 0.497 e. The Labute approximate surface area is 227 Å². The number of carbonyl (C=O) groups is 3. The van der Waals surface area contributed by atoms with Gasteiger partial charge >= 0.3 is 11.8 Å². The predicted molar refractivity (Wildman–Crippen MR) is 146 cm³/mol. The lowest BCUT2D eigenvalue weighted by atomic mass is 9.94. The third-order valence-corrected chi connectivity index (χ3v) is 6.95. The van der Waals surface area contributed by atoms with E-state index in [1.807, 2.05) is 6.07 Å². The van der Waals surface area contributed by atoms with Crippen LogP contribution in [0.25, 0.3) is 0 Å². The van der Waals surface area contributed by atoms with E-state index in [9.17, 15) is 14.4 Å². The molecular weight excluding hydrogens is 498 g/mol. The Kier molecular flexibility index (Phi) is 7.96. The van der Waals surface area contributed by atoms with Crippen molar-refractivity contribution >= 4 is 29.1 Å². The molecule has 2 N–H and O–H groups in total. The van der Waals surface area contributed by atoms with E-state index in [0.29, 0.717) is 34.2 Å². The fourth-order valence-electron chi connectivity index (χ4n) is 4.99. The molecule has 1 aliphatic carbocycles. The standard InChI is InChI=1S/C30H31N3O6/c1-37-24-14-8-13-23(18-24)33(30(36)29(35)32-22-15-16-25-26(17-22)39-19-38-25)27(20-9-4-2-5-10-20)28(34)31-21-11-6-3-7-12-21/h2,4-5,8-10,13-18,21,27H,3,6-7,11-12,19H2,1H3,(H,31,34)(H,32,35)/t27-/m1/s1. The molecule has 9 nitrogen and oxygen atoms in total. The summed E-state index contributed by atoms with van der Waals surface area (Å²) in [6.45, 7) is 0.0874. The maximum absolute atomic E-state index is 13.9. The van der Waals surface area contributed by atoms with Gasteiger partial charge in [0.05, 0.1) is 7.11 Å². The number of amides is 3. The number of nitrogens with one attached hydrogen (secondary N) is 2. The molecule has 0 aromatic heterocycles. The van der Waals surface area contributed by atoms with Gasteiger partial charge in [-0.3, -0.25) is 19.3 Å². The van der Waals surface area contributed by atoms with Crippen LogP contribution in [0.2, 0.25) is 0 Å². The van der Waals surface area contributed by atoms with Crippen LogP contribution in [0.3, 0.4) is 0 Å². The van der Waals surface area contributed by atoms with E-state index in [1.54, 1.807) is 66.7 Å². The SMILES string of the molecule is COc1cccc(N(C(=O)C(=O)Nc2ccc3c(c2)OCO3)[C@@H](C(=O)NC2CCCCC2)c2ccccc2)c1. The smallest absolute Gasteiger partial charge is 0.317 e. The molecule has 3 aromatic rings. The van der Waals surface area contributed by atoms with Crippen LogP contribution in [0.15, 0.2) is 72.8 Å². The Morgan fingerprint density at radius 2 is 1.67 bits per heavy atom. The van der Waals surface area contributed by atoms with Crippen molar-refractivity contribution in [3.05, 3.63) is 78.4 Å². The minimum absolute atomic E-state index is 0.0159. The van der Waals surface area contributed by atoms with Crippen molar-refractivity contribution in [2.45, 2.75) is 44.2 Å². The number of rotatable bonds is 7. The lowest BCUT2D eigenvalue weighted by molar-refractivity contribution is -0.136. The van der Waals surface area contributed by atoms with Crippen molar-refractivity contribution in [1.82, 2.24) is 5.32 Å². The van der Waals surface area contributed by atoms with Crippen molar-refractivity contribution in [2.75, 3.05) is 24.1 Å². The molecule has 0 spiro atoms. The van der Waals surface area contributed by atoms with Crippen LogP contribution in [-0.2, 0) is 14.4 Å². The van der Waals surface area contributed by atoms with Crippen molar-refractivity contribution in [2.24, 2.45) is 0 Å². The highest BCUT2D eigenvalue weighted by atomic mass is 16.7. The number of ether oxygens (including phenoxy) is 3. The van der Waals surface area contributed by atoms with Crippen LogP contribution in [0.4, 0.5) is 11.4 Å². The normalized spacial score (nSPS) is 15.2. The van der Waals surface area contributed by atoms with E-state index in [2.05, 4.69) is 10.6 Å². The fraction of sp³-hybridized carbons (Fsp3) is 0.300. The Morgan fingerprint density at radius 1 is 0.897 bits per heavy atom. The number of hydrogen-bond acceptors (Lipinski definition) is 6. The first-order chi connectivity index (χ1) is 19.0. The number of anilines is 2. The minimum atomic E-state index is -1.09. The van der Waals surface area contributed by atoms with Crippen molar-refractivity contribution in [3.63, 3.8) is 0 Å². The number of benzene rings is 3. The van der Waals surface area contributed by atoms with Gasteiger partial charge in [-0.25, -0.2) is 0 Å². The molecule has 1 saturated carbocycles. The van der Waals surface area contributed by atoms with E-state index >= 15 is 0 Å². The van der Waals surface area contributed by atoms with Gasteiger partial charge in [0, 0.05) is 29.5 Å². The molecule has 0 saturated heterocycles. The second-order valence-electron chi connectivity index (χ2n) is 9.56. The van der Waals surface area contributed by atoms with Crippen molar-refractivity contribution < 1.29 is 28.6 Å². The number of carbonyl (C=O) groups excluding carboxylic acids is 3. The average molecular weight is 530 g/mol. The number of nitrogens with zero attached hydrogens (tertiary/aromatic N) is 1. The zero-order chi connectivity index (χ0) is 27.2. The molecule has 202 valence electrons. The van der Waals surface area contributed by atoms with E-state index < -0.39 is 17.9 Å². The van der Waals surface area contributed by atoms with Gasteiger partial charge in [0.1, 0.15) is 11.8 Å². The Morgan fingerprint density at radius 3 is 2.44 bits per heavy atom. The summed E-state index contributed by atoms with van der Waals surface area (Å²) in [6.07, 6.45) is 4.98. The maximum Gasteiger partial charge on any atom is 0.317 e. The van der Waals surface area contributed by atoms with Gasteiger partial charge in [-0.05, 0) is 42.7 Å². The van der Waals surface area contributed by atoms with Gasteiger partial charge in [-0.15, -0.1) is 0 Å². The quantitative estimate of drug-likeness (QED) is 0.434. The highest BCUT2D eigenvalue weighted by molar-refractivity contribution is 6.45. The Bertz CT molecular complexity index is 1340. The number of hydrogen-bond donors (Lipinski definition) is 2. The zero-order valence-corrected chi connectivity index (χ0v) is 21.7. The lowest BCUT2D eigenvalue weighted by Crippen LogP contribution is -2.50. The molecule has 39 heavy (non-hydrogen) atoms. The highest BCUT2D eigenvalue weighted by Gasteiger charge is 2.37. The summed E-state index contributed by atoms with van der Waals surface area (Å²) in [5, 5.41) is 5.79. The third kappa shape index (κ3) is 5.98. The lowest BCUT2D eigenvalue weighted by Gasteiger charge is -2.33. The predicted octanol–water partition coefficient (Wildman–Crippen LogP) is 4.59. The first-order valence-corrected chi connectivity index (χ1v) is 13.1. The molecule has 0 radical (unpaired) electrons. The first-order valence-electron chi connectivity index (χ1n) is 13.1. The van der Waals surface area contributed by atoms with Crippen molar-refractivity contribution in [3.8, 4) is 17.2 Å². The fourth-order valence-corrected chi connectivity index (χ4v) is 4.99. The van der Waals surface area contributed by atoms with Crippen LogP contribution >= 0.6 is 0 Å². The monoisotopic (exact) mass is 529 g/mol. The van der Waals surface area contributed by atoms with Gasteiger partial charge in [-0.1, -0.05) is 55.7 Å². The molecule has 1 aliphatic heterocycles. The number of methoxy groups -OCH3 is 1. The minimum Gasteiger partial charge on any atom is -0.497 e. The summed E-state index contributed by atoms with van der Waals surface area (Å²) in [6, 6.07) is 19.6. The summed E-state index contributed by atoms with van der Waals surface area (Å²) >= 11 is 0. The molecular formula is C30H31N3O6. The van der Waals surface area contributed by atoms with Crippen LogP contribution in [-0.4, -0.2) is 37.7 Å². The molecule has 1 heterocycles. The molecule has 3 amide bonds. The van der Waals surface area contributed by atoms with E-state index in [1.165, 1.54) is 12.0 Å². The molecule has 0 unspecified atom stereocenters. The van der Waals surface area contributed by atoms with Crippen LogP contribution < -0.4 is 29.7 Å². The summed E-state index contributed by atoms with van der Waals surface area (Å²) < 4.78 is 16.1. The molecule has 1 atom stereocenters. The van der Waals surface area contributed by atoms with E-state index in [4.69, 9.17) is 14.2 Å². The second-order valence-corrected chi connectivity index (χ2v) is 9.56. The second kappa shape index (κ2) is 11.9. The number of fused-ring (bicyclic) bond motifs is 1.